The predicted molar refractivity (Wildman–Crippen MR) is 49.7 cm³/mol. The Kier molecular flexibility index (Phi) is 2.52. The fourth-order valence-corrected chi connectivity index (χ4v) is 1.64. The van der Waals surface area contributed by atoms with Gasteiger partial charge >= 0.3 is 0 Å². The fraction of sp³-hybridized carbons (Fsp3) is 0.778. The molecule has 5 heteroatoms. The summed E-state index contributed by atoms with van der Waals surface area (Å²) in [5.41, 5.74) is 5.63. The van der Waals surface area contributed by atoms with Crippen LogP contribution in [0.5, 0.6) is 0 Å². The largest absolute Gasteiger partial charge is 0.423 e. The molecule has 0 amide bonds. The first-order valence-electron chi connectivity index (χ1n) is 4.89. The lowest BCUT2D eigenvalue weighted by atomic mass is 10.0. The Morgan fingerprint density at radius 1 is 1.50 bits per heavy atom. The molecular formula is C9H15N3O2. The molecule has 1 aliphatic heterocycles. The number of nitrogens with two attached hydrogens (primary N) is 1. The highest BCUT2D eigenvalue weighted by atomic mass is 16.5. The van der Waals surface area contributed by atoms with Crippen LogP contribution in [-0.2, 0) is 4.74 Å². The lowest BCUT2D eigenvalue weighted by Gasteiger charge is -2.08. The molecule has 78 valence electrons. The van der Waals surface area contributed by atoms with Crippen molar-refractivity contribution in [2.75, 3.05) is 6.61 Å². The second-order valence-electron chi connectivity index (χ2n) is 3.74. The van der Waals surface area contributed by atoms with Crippen LogP contribution in [0.2, 0.25) is 0 Å². The molecule has 1 saturated heterocycles. The standard InChI is InChI=1S/C9H15N3O2/c1-5(10)8-11-12-9(14-8)7-3-4-13-6(7)2/h5-7H,3-4,10H2,1-2H3. The number of rotatable bonds is 2. The van der Waals surface area contributed by atoms with E-state index in [1.54, 1.807) is 0 Å². The molecule has 14 heavy (non-hydrogen) atoms. The molecule has 0 aliphatic carbocycles. The molecule has 0 saturated carbocycles. The molecule has 1 fully saturated rings. The highest BCUT2D eigenvalue weighted by molar-refractivity contribution is 4.98. The molecule has 3 unspecified atom stereocenters. The Labute approximate surface area is 82.6 Å². The van der Waals surface area contributed by atoms with Crippen molar-refractivity contribution in [2.24, 2.45) is 5.73 Å². The first kappa shape index (κ1) is 9.61. The molecule has 2 rings (SSSR count). The number of nitrogens with zero attached hydrogens (tertiary/aromatic N) is 2. The molecule has 2 heterocycles. The Morgan fingerprint density at radius 3 is 2.79 bits per heavy atom. The van der Waals surface area contributed by atoms with Crippen LogP contribution in [0.3, 0.4) is 0 Å². The molecule has 1 aliphatic rings. The molecule has 2 N–H and O–H groups in total. The monoisotopic (exact) mass is 197 g/mol. The van der Waals surface area contributed by atoms with E-state index in [0.29, 0.717) is 11.8 Å². The zero-order chi connectivity index (χ0) is 10.1. The van der Waals surface area contributed by atoms with Crippen molar-refractivity contribution in [1.29, 1.82) is 0 Å². The maximum absolute atomic E-state index is 5.63. The summed E-state index contributed by atoms with van der Waals surface area (Å²) in [5.74, 6) is 1.39. The highest BCUT2D eigenvalue weighted by Crippen LogP contribution is 2.30. The minimum Gasteiger partial charge on any atom is -0.423 e. The van der Waals surface area contributed by atoms with Gasteiger partial charge in [0.25, 0.3) is 0 Å². The minimum absolute atomic E-state index is 0.163. The minimum atomic E-state index is -0.200. The fourth-order valence-electron chi connectivity index (χ4n) is 1.64. The van der Waals surface area contributed by atoms with Gasteiger partial charge in [-0.1, -0.05) is 0 Å². The van der Waals surface area contributed by atoms with Crippen molar-refractivity contribution in [2.45, 2.75) is 38.3 Å². The van der Waals surface area contributed by atoms with Gasteiger partial charge in [-0.2, -0.15) is 0 Å². The second kappa shape index (κ2) is 3.67. The van der Waals surface area contributed by atoms with Crippen LogP contribution in [-0.4, -0.2) is 22.9 Å². The Hall–Kier alpha value is -0.940. The zero-order valence-corrected chi connectivity index (χ0v) is 8.43. The van der Waals surface area contributed by atoms with Crippen molar-refractivity contribution in [1.82, 2.24) is 10.2 Å². The second-order valence-corrected chi connectivity index (χ2v) is 3.74. The van der Waals surface area contributed by atoms with E-state index in [-0.39, 0.29) is 18.1 Å². The van der Waals surface area contributed by atoms with Crippen LogP contribution < -0.4 is 5.73 Å². The van der Waals surface area contributed by atoms with Gasteiger partial charge in [-0.25, -0.2) is 0 Å². The zero-order valence-electron chi connectivity index (χ0n) is 8.43. The molecule has 0 bridgehead atoms. The summed E-state index contributed by atoms with van der Waals surface area (Å²) in [6.45, 7) is 4.61. The Bertz CT molecular complexity index is 311. The van der Waals surface area contributed by atoms with E-state index in [0.717, 1.165) is 13.0 Å². The average molecular weight is 197 g/mol. The van der Waals surface area contributed by atoms with Crippen LogP contribution in [0.15, 0.2) is 4.42 Å². The molecule has 1 aromatic heterocycles. The summed E-state index contributed by atoms with van der Waals surface area (Å²) >= 11 is 0. The van der Waals surface area contributed by atoms with Gasteiger partial charge in [-0.15, -0.1) is 10.2 Å². The number of aromatic nitrogens is 2. The quantitative estimate of drug-likeness (QED) is 0.765. The van der Waals surface area contributed by atoms with E-state index < -0.39 is 0 Å². The smallest absolute Gasteiger partial charge is 0.232 e. The highest BCUT2D eigenvalue weighted by Gasteiger charge is 2.30. The lowest BCUT2D eigenvalue weighted by Crippen LogP contribution is -2.09. The summed E-state index contributed by atoms with van der Waals surface area (Å²) in [7, 11) is 0. The average Bonchev–Trinajstić information content (AvgIpc) is 2.71. The van der Waals surface area contributed by atoms with Crippen molar-refractivity contribution >= 4 is 0 Å². The van der Waals surface area contributed by atoms with Crippen molar-refractivity contribution < 1.29 is 9.15 Å². The number of ether oxygens (including phenoxy) is 1. The third-order valence-electron chi connectivity index (χ3n) is 2.54. The molecule has 3 atom stereocenters. The lowest BCUT2D eigenvalue weighted by molar-refractivity contribution is 0.114. The van der Waals surface area contributed by atoms with Gasteiger partial charge in [-0.05, 0) is 20.3 Å². The third kappa shape index (κ3) is 1.65. The van der Waals surface area contributed by atoms with E-state index in [1.807, 2.05) is 13.8 Å². The first-order chi connectivity index (χ1) is 6.68. The SMILES string of the molecule is CC(N)c1nnc(C2CCOC2C)o1. The summed E-state index contributed by atoms with van der Waals surface area (Å²) < 4.78 is 10.9. The van der Waals surface area contributed by atoms with Crippen LogP contribution in [0, 0.1) is 0 Å². The van der Waals surface area contributed by atoms with Gasteiger partial charge in [0.05, 0.1) is 18.1 Å². The maximum atomic E-state index is 5.63. The number of hydrogen-bond donors (Lipinski definition) is 1. The van der Waals surface area contributed by atoms with Gasteiger partial charge in [-0.3, -0.25) is 0 Å². The Balaban J connectivity index is 2.16. The third-order valence-corrected chi connectivity index (χ3v) is 2.54. The van der Waals surface area contributed by atoms with Crippen molar-refractivity contribution in [3.63, 3.8) is 0 Å². The summed E-state index contributed by atoms with van der Waals surface area (Å²) in [6.07, 6.45) is 1.11. The molecule has 0 radical (unpaired) electrons. The predicted octanol–water partition coefficient (Wildman–Crippen LogP) is 0.982. The van der Waals surface area contributed by atoms with Gasteiger partial charge in [0.15, 0.2) is 0 Å². The molecular weight excluding hydrogens is 182 g/mol. The van der Waals surface area contributed by atoms with Gasteiger partial charge in [0, 0.05) is 6.61 Å². The summed E-state index contributed by atoms with van der Waals surface area (Å²) in [6, 6.07) is -0.200. The summed E-state index contributed by atoms with van der Waals surface area (Å²) in [5, 5.41) is 7.89. The van der Waals surface area contributed by atoms with Crippen LogP contribution in [0.1, 0.15) is 44.0 Å². The van der Waals surface area contributed by atoms with Crippen LogP contribution >= 0.6 is 0 Å². The molecule has 1 aromatic rings. The first-order valence-corrected chi connectivity index (χ1v) is 4.89. The van der Waals surface area contributed by atoms with E-state index in [4.69, 9.17) is 14.9 Å². The van der Waals surface area contributed by atoms with E-state index in [2.05, 4.69) is 10.2 Å². The topological polar surface area (TPSA) is 74.2 Å². The molecule has 5 nitrogen and oxygen atoms in total. The normalized spacial score (nSPS) is 29.4. The van der Waals surface area contributed by atoms with E-state index in [9.17, 15) is 0 Å². The van der Waals surface area contributed by atoms with E-state index in [1.165, 1.54) is 0 Å². The van der Waals surface area contributed by atoms with Crippen molar-refractivity contribution in [3.05, 3.63) is 11.8 Å². The molecule has 0 spiro atoms. The van der Waals surface area contributed by atoms with Crippen LogP contribution in [0.4, 0.5) is 0 Å². The van der Waals surface area contributed by atoms with E-state index >= 15 is 0 Å². The van der Waals surface area contributed by atoms with Gasteiger partial charge in [0.2, 0.25) is 11.8 Å². The molecule has 0 aromatic carbocycles. The van der Waals surface area contributed by atoms with Crippen molar-refractivity contribution in [3.8, 4) is 0 Å². The number of hydrogen-bond acceptors (Lipinski definition) is 5. The maximum Gasteiger partial charge on any atom is 0.232 e. The summed E-state index contributed by atoms with van der Waals surface area (Å²) in [4.78, 5) is 0. The Morgan fingerprint density at radius 2 is 2.29 bits per heavy atom. The van der Waals surface area contributed by atoms with Gasteiger partial charge in [0.1, 0.15) is 0 Å². The van der Waals surface area contributed by atoms with Gasteiger partial charge < -0.3 is 14.9 Å². The van der Waals surface area contributed by atoms with Crippen LogP contribution in [0.25, 0.3) is 0 Å².